The van der Waals surface area contributed by atoms with Crippen LogP contribution in [-0.4, -0.2) is 35.5 Å². The Morgan fingerprint density at radius 2 is 2.37 bits per heavy atom. The first-order valence-corrected chi connectivity index (χ1v) is 7.04. The highest BCUT2D eigenvalue weighted by Crippen LogP contribution is 2.19. The number of aromatic nitrogens is 2. The minimum atomic E-state index is 0.438. The number of anilines is 1. The first kappa shape index (κ1) is 11.3. The van der Waals surface area contributed by atoms with E-state index in [2.05, 4.69) is 33.1 Å². The maximum atomic E-state index is 5.74. The molecule has 1 unspecified atom stereocenters. The molecule has 0 bridgehead atoms. The minimum Gasteiger partial charge on any atom is -0.372 e. The molecule has 19 heavy (non-hydrogen) atoms. The van der Waals surface area contributed by atoms with Crippen molar-refractivity contribution in [1.29, 1.82) is 0 Å². The molecule has 2 aromatic rings. The predicted molar refractivity (Wildman–Crippen MR) is 73.0 cm³/mol. The van der Waals surface area contributed by atoms with Crippen molar-refractivity contribution in [1.82, 2.24) is 9.55 Å². The molecule has 3 heterocycles. The molecule has 2 N–H and O–H groups in total. The number of nitrogens with one attached hydrogen (secondary N) is 2. The fourth-order valence-electron chi connectivity index (χ4n) is 3.12. The lowest BCUT2D eigenvalue weighted by molar-refractivity contribution is -0.924. The molecule has 1 saturated heterocycles. The van der Waals surface area contributed by atoms with Crippen LogP contribution in [0.25, 0.3) is 11.0 Å². The molecule has 0 aliphatic carbocycles. The van der Waals surface area contributed by atoms with Crippen molar-refractivity contribution in [2.24, 2.45) is 0 Å². The van der Waals surface area contributed by atoms with Crippen LogP contribution in [0.4, 0.5) is 5.95 Å². The molecule has 0 saturated carbocycles. The van der Waals surface area contributed by atoms with E-state index in [4.69, 9.17) is 4.74 Å². The van der Waals surface area contributed by atoms with Gasteiger partial charge < -0.3 is 10.1 Å². The van der Waals surface area contributed by atoms with Gasteiger partial charge in [-0.3, -0.25) is 9.47 Å². The van der Waals surface area contributed by atoms with Crippen molar-refractivity contribution in [2.75, 3.05) is 25.1 Å². The molecule has 2 aliphatic heterocycles. The third kappa shape index (κ3) is 1.99. The van der Waals surface area contributed by atoms with E-state index in [1.54, 1.807) is 0 Å². The summed E-state index contributed by atoms with van der Waals surface area (Å²) in [5.41, 5.74) is 2.29. The predicted octanol–water partition coefficient (Wildman–Crippen LogP) is 0.441. The number of hydrogen-bond donors (Lipinski definition) is 2. The molecule has 2 aliphatic rings. The topological polar surface area (TPSA) is 43.5 Å². The Morgan fingerprint density at radius 3 is 3.26 bits per heavy atom. The normalized spacial score (nSPS) is 26.3. The van der Waals surface area contributed by atoms with Gasteiger partial charge in [-0.1, -0.05) is 12.1 Å². The van der Waals surface area contributed by atoms with Crippen LogP contribution < -0.4 is 10.2 Å². The van der Waals surface area contributed by atoms with E-state index < -0.39 is 0 Å². The second-order valence-corrected chi connectivity index (χ2v) is 5.45. The van der Waals surface area contributed by atoms with E-state index in [9.17, 15) is 0 Å². The van der Waals surface area contributed by atoms with Crippen molar-refractivity contribution < 1.29 is 9.64 Å². The third-order valence-electron chi connectivity index (χ3n) is 4.07. The van der Waals surface area contributed by atoms with Crippen LogP contribution in [0.2, 0.25) is 0 Å². The molecule has 0 radical (unpaired) electrons. The summed E-state index contributed by atoms with van der Waals surface area (Å²) in [6, 6.07) is 8.33. The van der Waals surface area contributed by atoms with Crippen molar-refractivity contribution in [3.05, 3.63) is 24.3 Å². The lowest BCUT2D eigenvalue weighted by Crippen LogP contribution is -3.14. The van der Waals surface area contributed by atoms with Gasteiger partial charge in [-0.15, -0.1) is 0 Å². The Kier molecular flexibility index (Phi) is 2.67. The van der Waals surface area contributed by atoms with Crippen LogP contribution in [0.1, 0.15) is 12.8 Å². The largest absolute Gasteiger partial charge is 0.372 e. The van der Waals surface area contributed by atoms with Gasteiger partial charge in [0, 0.05) is 6.61 Å². The van der Waals surface area contributed by atoms with E-state index >= 15 is 0 Å². The van der Waals surface area contributed by atoms with Gasteiger partial charge in [0.15, 0.2) is 13.3 Å². The standard InChI is InChI=1S/C14H18N4O/c1-2-6-13-12(5-1)16-14-15-9-17(10-18(13)14)8-11-4-3-7-19-11/h1-2,5-6,11H,3-4,7-10H2,(H,15,16)/p+1/t11-/m1/s1. The zero-order chi connectivity index (χ0) is 12.7. The average Bonchev–Trinajstić information content (AvgIpc) is 3.06. The molecular weight excluding hydrogens is 240 g/mol. The van der Waals surface area contributed by atoms with Crippen molar-refractivity contribution >= 4 is 17.0 Å². The number of quaternary nitrogens is 1. The Balaban J connectivity index is 1.58. The van der Waals surface area contributed by atoms with Gasteiger partial charge in [0.25, 0.3) is 0 Å². The van der Waals surface area contributed by atoms with Gasteiger partial charge in [0.2, 0.25) is 5.95 Å². The van der Waals surface area contributed by atoms with Crippen LogP contribution in [0, 0.1) is 0 Å². The summed E-state index contributed by atoms with van der Waals surface area (Å²) in [6.45, 7) is 3.93. The quantitative estimate of drug-likeness (QED) is 0.822. The second kappa shape index (κ2) is 4.51. The summed E-state index contributed by atoms with van der Waals surface area (Å²) in [7, 11) is 0. The molecule has 5 heteroatoms. The molecule has 0 spiro atoms. The first-order chi connectivity index (χ1) is 9.40. The summed E-state index contributed by atoms with van der Waals surface area (Å²) in [5, 5.41) is 3.44. The van der Waals surface area contributed by atoms with Gasteiger partial charge >= 0.3 is 0 Å². The van der Waals surface area contributed by atoms with Gasteiger partial charge in [-0.25, -0.2) is 4.98 Å². The number of ether oxygens (including phenoxy) is 1. The number of rotatable bonds is 2. The van der Waals surface area contributed by atoms with Crippen LogP contribution in [-0.2, 0) is 11.4 Å². The summed E-state index contributed by atoms with van der Waals surface area (Å²) in [4.78, 5) is 6.14. The highest BCUT2D eigenvalue weighted by atomic mass is 16.5. The zero-order valence-corrected chi connectivity index (χ0v) is 10.9. The number of fused-ring (bicyclic) bond motifs is 3. The van der Waals surface area contributed by atoms with Crippen LogP contribution in [0.15, 0.2) is 24.3 Å². The summed E-state index contributed by atoms with van der Waals surface area (Å²) < 4.78 is 8.02. The van der Waals surface area contributed by atoms with Crippen LogP contribution in [0.3, 0.4) is 0 Å². The fourth-order valence-corrected chi connectivity index (χ4v) is 3.12. The highest BCUT2D eigenvalue weighted by molar-refractivity contribution is 5.78. The van der Waals surface area contributed by atoms with Crippen molar-refractivity contribution in [3.8, 4) is 0 Å². The Labute approximate surface area is 112 Å². The molecule has 2 atom stereocenters. The summed E-state index contributed by atoms with van der Waals surface area (Å²) in [6.07, 6.45) is 2.86. The SMILES string of the molecule is c1ccc2c(c1)nc1n2C[NH+](C[C@H]2CCCO2)CN1. The monoisotopic (exact) mass is 259 g/mol. The molecular formula is C14H19N4O+. The highest BCUT2D eigenvalue weighted by Gasteiger charge is 2.26. The maximum Gasteiger partial charge on any atom is 0.212 e. The molecule has 1 aromatic heterocycles. The number of hydrogen-bond acceptors (Lipinski definition) is 3. The van der Waals surface area contributed by atoms with E-state index in [1.807, 2.05) is 6.07 Å². The van der Waals surface area contributed by atoms with Crippen molar-refractivity contribution in [2.45, 2.75) is 25.6 Å². The van der Waals surface area contributed by atoms with Gasteiger partial charge in [-0.2, -0.15) is 0 Å². The molecule has 100 valence electrons. The van der Waals surface area contributed by atoms with E-state index in [0.717, 1.165) is 38.0 Å². The maximum absolute atomic E-state index is 5.74. The Morgan fingerprint density at radius 1 is 1.42 bits per heavy atom. The average molecular weight is 259 g/mol. The fraction of sp³-hybridized carbons (Fsp3) is 0.500. The lowest BCUT2D eigenvalue weighted by atomic mass is 10.2. The minimum absolute atomic E-state index is 0.438. The molecule has 0 amide bonds. The second-order valence-electron chi connectivity index (χ2n) is 5.45. The van der Waals surface area contributed by atoms with Gasteiger partial charge in [0.1, 0.15) is 12.6 Å². The summed E-state index contributed by atoms with van der Waals surface area (Å²) in [5.74, 6) is 0.997. The first-order valence-electron chi connectivity index (χ1n) is 7.04. The van der Waals surface area contributed by atoms with Gasteiger partial charge in [-0.05, 0) is 25.0 Å². The molecule has 4 rings (SSSR count). The number of nitrogens with zero attached hydrogens (tertiary/aromatic N) is 2. The smallest absolute Gasteiger partial charge is 0.212 e. The van der Waals surface area contributed by atoms with E-state index in [0.29, 0.717) is 6.10 Å². The Bertz CT molecular complexity index is 588. The van der Waals surface area contributed by atoms with Gasteiger partial charge in [0.05, 0.1) is 11.0 Å². The zero-order valence-electron chi connectivity index (χ0n) is 10.9. The summed E-state index contributed by atoms with van der Waals surface area (Å²) >= 11 is 0. The molecule has 5 nitrogen and oxygen atoms in total. The number of para-hydroxylation sites is 2. The number of benzene rings is 1. The molecule has 1 aromatic carbocycles. The Hall–Kier alpha value is -1.59. The number of imidazole rings is 1. The lowest BCUT2D eigenvalue weighted by Gasteiger charge is -2.28. The van der Waals surface area contributed by atoms with Crippen LogP contribution >= 0.6 is 0 Å². The third-order valence-corrected chi connectivity index (χ3v) is 4.07. The molecule has 1 fully saturated rings. The van der Waals surface area contributed by atoms with E-state index in [1.165, 1.54) is 23.3 Å². The van der Waals surface area contributed by atoms with Crippen LogP contribution in [0.5, 0.6) is 0 Å². The van der Waals surface area contributed by atoms with E-state index in [-0.39, 0.29) is 0 Å². The van der Waals surface area contributed by atoms with Crippen molar-refractivity contribution in [3.63, 3.8) is 0 Å².